The van der Waals surface area contributed by atoms with Crippen molar-refractivity contribution in [2.45, 2.75) is 38.2 Å². The van der Waals surface area contributed by atoms with E-state index >= 15 is 0 Å². The Hall–Kier alpha value is -3.19. The summed E-state index contributed by atoms with van der Waals surface area (Å²) in [6.07, 6.45) is 22.4. The predicted octanol–water partition coefficient (Wildman–Crippen LogP) is 2.72. The van der Waals surface area contributed by atoms with Gasteiger partial charge in [-0.15, -0.1) is 0 Å². The van der Waals surface area contributed by atoms with Gasteiger partial charge in [0.05, 0.1) is 29.6 Å². The number of hydrogen-bond acceptors (Lipinski definition) is 7. The molecule has 0 aliphatic heterocycles. The van der Waals surface area contributed by atoms with Crippen molar-refractivity contribution in [2.24, 2.45) is 22.6 Å². The number of rotatable bonds is 7. The number of fused-ring (bicyclic) bond motifs is 2. The third kappa shape index (κ3) is 6.03. The van der Waals surface area contributed by atoms with E-state index in [0.717, 1.165) is 41.8 Å². The molecular formula is C27H35N5O2. The zero-order valence-electron chi connectivity index (χ0n) is 20.6. The lowest BCUT2D eigenvalue weighted by atomic mass is 10.1. The highest BCUT2D eigenvalue weighted by molar-refractivity contribution is 5.74. The highest BCUT2D eigenvalue weighted by Crippen LogP contribution is 2.51. The lowest BCUT2D eigenvalue weighted by Gasteiger charge is -2.21. The highest BCUT2D eigenvalue weighted by Gasteiger charge is 2.53. The molecule has 5 rings (SSSR count). The van der Waals surface area contributed by atoms with Crippen LogP contribution in [0.5, 0.6) is 0 Å². The van der Waals surface area contributed by atoms with E-state index in [1.165, 1.54) is 18.5 Å². The van der Waals surface area contributed by atoms with Crippen LogP contribution >= 0.6 is 0 Å². The number of hydrogen-bond donors (Lipinski definition) is 1. The van der Waals surface area contributed by atoms with Crippen LogP contribution in [0.25, 0.3) is 12.2 Å². The zero-order chi connectivity index (χ0) is 24.1. The van der Waals surface area contributed by atoms with Crippen LogP contribution in [0.15, 0.2) is 58.7 Å². The van der Waals surface area contributed by atoms with Crippen molar-refractivity contribution in [1.29, 1.82) is 0 Å². The van der Waals surface area contributed by atoms with Crippen molar-refractivity contribution in [3.05, 3.63) is 64.4 Å². The molecule has 1 aromatic rings. The number of ether oxygens (including phenoxy) is 2. The summed E-state index contributed by atoms with van der Waals surface area (Å²) in [5.74, 6) is 2.98. The summed E-state index contributed by atoms with van der Waals surface area (Å²) in [6, 6.07) is 0. The first-order valence-corrected chi connectivity index (χ1v) is 11.8. The molecule has 0 spiro atoms. The van der Waals surface area contributed by atoms with Gasteiger partial charge < -0.3 is 20.1 Å². The van der Waals surface area contributed by atoms with Crippen LogP contribution in [0.1, 0.15) is 32.6 Å². The average molecular weight is 462 g/mol. The molecule has 180 valence electrons. The molecule has 0 aromatic carbocycles. The molecule has 1 heterocycles. The predicted molar refractivity (Wildman–Crippen MR) is 136 cm³/mol. The number of aliphatic imine (C=N–C) groups is 1. The molecule has 0 saturated heterocycles. The summed E-state index contributed by atoms with van der Waals surface area (Å²) in [7, 11) is 5.60. The van der Waals surface area contributed by atoms with E-state index in [4.69, 9.17) is 15.2 Å². The highest BCUT2D eigenvalue weighted by atomic mass is 16.5. The average Bonchev–Trinajstić information content (AvgIpc) is 3.74. The molecule has 4 aliphatic rings. The number of aromatic nitrogens is 2. The van der Waals surface area contributed by atoms with Gasteiger partial charge in [0.1, 0.15) is 5.76 Å². The standard InChI is InChI=1S/C18H23N5.C9H12O2/c1-13(19)9-10-20-18-11-21-16-7-5-15(6-8-17(16)22-18)23(2)12-14-3-4-14;1-10-8-4-3-7-5-9(7,6-8)11-2/h5,7-11,14H,3-4,6,12,19H2,1-2H3;3-4,6-7H,5H2,1-2H3/b13-9-,20-10?;. The molecule has 2 N–H and O–H groups in total. The first kappa shape index (κ1) is 24.0. The van der Waals surface area contributed by atoms with E-state index in [-0.39, 0.29) is 5.60 Å². The van der Waals surface area contributed by atoms with E-state index < -0.39 is 0 Å². The quantitative estimate of drug-likeness (QED) is 0.629. The maximum atomic E-state index is 5.58. The molecule has 1 aromatic heterocycles. The SMILES string of the molecule is C/C(N)=C/C=Nc1cnc2c(n1)=CCC(N(C)CC1CC1)=CC=2.COC1=CC2(OC)CC2C=C1. The number of methoxy groups -OCH3 is 2. The normalized spacial score (nSPS) is 24.8. The molecule has 7 nitrogen and oxygen atoms in total. The molecule has 2 fully saturated rings. The molecule has 34 heavy (non-hydrogen) atoms. The topological polar surface area (TPSA) is 85.9 Å². The Bertz CT molecular complexity index is 1170. The van der Waals surface area contributed by atoms with Crippen molar-refractivity contribution in [3.63, 3.8) is 0 Å². The molecule has 2 saturated carbocycles. The van der Waals surface area contributed by atoms with Gasteiger partial charge >= 0.3 is 0 Å². The summed E-state index contributed by atoms with van der Waals surface area (Å²) in [6.45, 7) is 2.97. The Morgan fingerprint density at radius 3 is 2.82 bits per heavy atom. The summed E-state index contributed by atoms with van der Waals surface area (Å²) < 4.78 is 10.5. The molecule has 0 radical (unpaired) electrons. The molecule has 7 heteroatoms. The fourth-order valence-corrected chi connectivity index (χ4v) is 4.11. The second kappa shape index (κ2) is 10.4. The Morgan fingerprint density at radius 1 is 1.29 bits per heavy atom. The van der Waals surface area contributed by atoms with E-state index in [1.807, 2.05) is 19.1 Å². The lowest BCUT2D eigenvalue weighted by Crippen LogP contribution is -2.30. The first-order chi connectivity index (χ1) is 16.4. The Kier molecular flexibility index (Phi) is 7.32. The van der Waals surface area contributed by atoms with Gasteiger partial charge in [-0.2, -0.15) is 0 Å². The smallest absolute Gasteiger partial charge is 0.171 e. The fraction of sp³-hybridized carbons (Fsp3) is 0.444. The van der Waals surface area contributed by atoms with Gasteiger partial charge in [-0.3, -0.25) is 4.98 Å². The first-order valence-electron chi connectivity index (χ1n) is 11.8. The summed E-state index contributed by atoms with van der Waals surface area (Å²) >= 11 is 0. The zero-order valence-corrected chi connectivity index (χ0v) is 20.6. The van der Waals surface area contributed by atoms with E-state index in [9.17, 15) is 0 Å². The molecule has 4 aliphatic carbocycles. The molecule has 0 amide bonds. The Morgan fingerprint density at radius 2 is 2.12 bits per heavy atom. The van der Waals surface area contributed by atoms with Gasteiger partial charge in [0, 0.05) is 50.6 Å². The van der Waals surface area contributed by atoms with Gasteiger partial charge in [0.25, 0.3) is 0 Å². The minimum absolute atomic E-state index is 0.0138. The third-order valence-corrected chi connectivity index (χ3v) is 6.52. The largest absolute Gasteiger partial charge is 0.497 e. The Labute approximate surface area is 201 Å². The van der Waals surface area contributed by atoms with Gasteiger partial charge in [-0.25, -0.2) is 9.98 Å². The Balaban J connectivity index is 0.000000207. The molecule has 2 unspecified atom stereocenters. The van der Waals surface area contributed by atoms with Crippen LogP contribution in [0.3, 0.4) is 0 Å². The van der Waals surface area contributed by atoms with Crippen LogP contribution in [-0.2, 0) is 9.47 Å². The van der Waals surface area contributed by atoms with E-state index in [1.54, 1.807) is 32.7 Å². The third-order valence-electron chi connectivity index (χ3n) is 6.52. The van der Waals surface area contributed by atoms with Crippen LogP contribution in [0.4, 0.5) is 5.82 Å². The van der Waals surface area contributed by atoms with Crippen LogP contribution in [0.2, 0.25) is 0 Å². The van der Waals surface area contributed by atoms with Crippen molar-refractivity contribution in [2.75, 3.05) is 27.8 Å². The van der Waals surface area contributed by atoms with Crippen molar-refractivity contribution in [3.8, 4) is 0 Å². The van der Waals surface area contributed by atoms with Gasteiger partial charge in [-0.1, -0.05) is 12.2 Å². The van der Waals surface area contributed by atoms with E-state index in [0.29, 0.717) is 17.4 Å². The van der Waals surface area contributed by atoms with E-state index in [2.05, 4.69) is 51.2 Å². The minimum atomic E-state index is -0.0138. The summed E-state index contributed by atoms with van der Waals surface area (Å²) in [5, 5.41) is 1.78. The van der Waals surface area contributed by atoms with Crippen molar-refractivity contribution >= 4 is 24.2 Å². The lowest BCUT2D eigenvalue weighted by molar-refractivity contribution is 0.106. The summed E-state index contributed by atoms with van der Waals surface area (Å²) in [5.41, 5.74) is 7.59. The number of nitrogens with two attached hydrogens (primary N) is 1. The maximum Gasteiger partial charge on any atom is 0.171 e. The summed E-state index contributed by atoms with van der Waals surface area (Å²) in [4.78, 5) is 15.7. The van der Waals surface area contributed by atoms with Crippen molar-refractivity contribution < 1.29 is 9.47 Å². The molecule has 2 atom stereocenters. The monoisotopic (exact) mass is 461 g/mol. The van der Waals surface area contributed by atoms with Crippen LogP contribution in [-0.4, -0.2) is 54.5 Å². The number of allylic oxidation sites excluding steroid dienone is 5. The second-order valence-corrected chi connectivity index (χ2v) is 9.32. The molecule has 0 bridgehead atoms. The second-order valence-electron chi connectivity index (χ2n) is 9.32. The molecular weight excluding hydrogens is 426 g/mol. The van der Waals surface area contributed by atoms with Gasteiger partial charge in [-0.05, 0) is 62.5 Å². The fourth-order valence-electron chi connectivity index (χ4n) is 4.11. The van der Waals surface area contributed by atoms with Gasteiger partial charge in [0.2, 0.25) is 0 Å². The number of nitrogens with zero attached hydrogens (tertiary/aromatic N) is 4. The minimum Gasteiger partial charge on any atom is -0.497 e. The van der Waals surface area contributed by atoms with Crippen molar-refractivity contribution in [1.82, 2.24) is 14.9 Å². The van der Waals surface area contributed by atoms with Crippen LogP contribution < -0.4 is 16.4 Å². The maximum absolute atomic E-state index is 5.58. The van der Waals surface area contributed by atoms with Crippen LogP contribution in [0, 0.1) is 11.8 Å². The van der Waals surface area contributed by atoms with Gasteiger partial charge in [0.15, 0.2) is 5.82 Å².